The topological polar surface area (TPSA) is 49.3 Å². The minimum atomic E-state index is -0.887. The van der Waals surface area contributed by atoms with Crippen LogP contribution >= 0.6 is 0 Å². The first-order valence-electron chi connectivity index (χ1n) is 3.99. The minimum Gasteiger partial charge on any atom is -0.384 e. The zero-order valence-corrected chi connectivity index (χ0v) is 7.42. The van der Waals surface area contributed by atoms with Crippen LogP contribution in [0.25, 0.3) is 0 Å². The molecular formula is C8H17NO2. The molecule has 1 amide bonds. The fourth-order valence-electron chi connectivity index (χ4n) is 0.632. The molecule has 1 atom stereocenters. The van der Waals surface area contributed by atoms with Crippen molar-refractivity contribution in [3.8, 4) is 0 Å². The largest absolute Gasteiger partial charge is 0.384 e. The fourth-order valence-corrected chi connectivity index (χ4v) is 0.632. The van der Waals surface area contributed by atoms with Gasteiger partial charge in [-0.25, -0.2) is 0 Å². The van der Waals surface area contributed by atoms with Crippen LogP contribution in [0.3, 0.4) is 0 Å². The summed E-state index contributed by atoms with van der Waals surface area (Å²) in [5.74, 6) is 0.301. The predicted octanol–water partition coefficient (Wildman–Crippen LogP) is 0.529. The van der Waals surface area contributed by atoms with E-state index in [0.717, 1.165) is 6.42 Å². The van der Waals surface area contributed by atoms with Gasteiger partial charge >= 0.3 is 0 Å². The van der Waals surface area contributed by atoms with Gasteiger partial charge in [0, 0.05) is 6.54 Å². The van der Waals surface area contributed by atoms with Crippen LogP contribution in [-0.4, -0.2) is 23.7 Å². The van der Waals surface area contributed by atoms with Crippen LogP contribution in [0.15, 0.2) is 0 Å². The Hall–Kier alpha value is -0.570. The average Bonchev–Trinajstić information content (AvgIpc) is 1.86. The standard InChI is InChI=1S/C8H17NO2/c1-6(2)4-5-9-8(11)7(3)10/h6-7,10H,4-5H2,1-3H3,(H,9,11)/t7-/m0/s1. The van der Waals surface area contributed by atoms with Crippen molar-refractivity contribution in [1.29, 1.82) is 0 Å². The maximum atomic E-state index is 10.8. The molecule has 0 bridgehead atoms. The van der Waals surface area contributed by atoms with E-state index in [9.17, 15) is 4.79 Å². The first kappa shape index (κ1) is 10.4. The molecule has 0 aliphatic carbocycles. The monoisotopic (exact) mass is 159 g/mol. The second-order valence-corrected chi connectivity index (χ2v) is 3.15. The number of amides is 1. The van der Waals surface area contributed by atoms with Gasteiger partial charge in [-0.1, -0.05) is 13.8 Å². The molecule has 0 radical (unpaired) electrons. The molecule has 0 aromatic carbocycles. The molecule has 0 aliphatic rings. The number of aliphatic hydroxyl groups is 1. The zero-order valence-electron chi connectivity index (χ0n) is 7.42. The molecule has 0 aromatic rings. The van der Waals surface area contributed by atoms with Crippen molar-refractivity contribution in [2.75, 3.05) is 6.54 Å². The maximum Gasteiger partial charge on any atom is 0.248 e. The Bertz CT molecular complexity index is 121. The Morgan fingerprint density at radius 1 is 1.45 bits per heavy atom. The van der Waals surface area contributed by atoms with Crippen LogP contribution < -0.4 is 5.32 Å². The van der Waals surface area contributed by atoms with E-state index in [4.69, 9.17) is 5.11 Å². The minimum absolute atomic E-state index is 0.286. The molecule has 3 heteroatoms. The number of nitrogens with one attached hydrogen (secondary N) is 1. The summed E-state index contributed by atoms with van der Waals surface area (Å²) in [6, 6.07) is 0. The van der Waals surface area contributed by atoms with Crippen molar-refractivity contribution in [3.63, 3.8) is 0 Å². The lowest BCUT2D eigenvalue weighted by Crippen LogP contribution is -2.33. The Balaban J connectivity index is 3.32. The SMILES string of the molecule is CC(C)CCNC(=O)[C@H](C)O. The summed E-state index contributed by atoms with van der Waals surface area (Å²) in [7, 11) is 0. The Labute approximate surface area is 67.8 Å². The van der Waals surface area contributed by atoms with Crippen molar-refractivity contribution in [3.05, 3.63) is 0 Å². The van der Waals surface area contributed by atoms with Gasteiger partial charge in [0.15, 0.2) is 0 Å². The molecule has 0 unspecified atom stereocenters. The van der Waals surface area contributed by atoms with Crippen molar-refractivity contribution < 1.29 is 9.90 Å². The fraction of sp³-hybridized carbons (Fsp3) is 0.875. The molecule has 0 aliphatic heterocycles. The Morgan fingerprint density at radius 3 is 2.36 bits per heavy atom. The predicted molar refractivity (Wildman–Crippen MR) is 44.1 cm³/mol. The van der Waals surface area contributed by atoms with E-state index in [2.05, 4.69) is 19.2 Å². The van der Waals surface area contributed by atoms with Gasteiger partial charge in [0.25, 0.3) is 0 Å². The van der Waals surface area contributed by atoms with Gasteiger partial charge in [-0.05, 0) is 19.3 Å². The van der Waals surface area contributed by atoms with E-state index in [1.165, 1.54) is 6.92 Å². The first-order chi connectivity index (χ1) is 5.04. The molecule has 0 saturated carbocycles. The maximum absolute atomic E-state index is 10.8. The molecule has 66 valence electrons. The summed E-state index contributed by atoms with van der Waals surface area (Å²) >= 11 is 0. The average molecular weight is 159 g/mol. The zero-order chi connectivity index (χ0) is 8.85. The number of aliphatic hydroxyl groups excluding tert-OH is 1. The van der Waals surface area contributed by atoms with E-state index in [-0.39, 0.29) is 5.91 Å². The summed E-state index contributed by atoms with van der Waals surface area (Å²) in [4.78, 5) is 10.8. The normalized spacial score (nSPS) is 13.2. The van der Waals surface area contributed by atoms with Gasteiger partial charge < -0.3 is 10.4 Å². The molecule has 0 rings (SSSR count). The first-order valence-corrected chi connectivity index (χ1v) is 3.99. The van der Waals surface area contributed by atoms with Crippen molar-refractivity contribution in [2.24, 2.45) is 5.92 Å². The van der Waals surface area contributed by atoms with Gasteiger partial charge in [0.05, 0.1) is 0 Å². The number of carbonyl (C=O) groups is 1. The highest BCUT2D eigenvalue weighted by Gasteiger charge is 2.06. The second kappa shape index (κ2) is 5.13. The van der Waals surface area contributed by atoms with Crippen LogP contribution in [0.2, 0.25) is 0 Å². The molecule has 0 fully saturated rings. The number of hydrogen-bond donors (Lipinski definition) is 2. The molecule has 0 heterocycles. The lowest BCUT2D eigenvalue weighted by molar-refractivity contribution is -0.128. The van der Waals surface area contributed by atoms with Crippen LogP contribution in [0.1, 0.15) is 27.2 Å². The number of carbonyl (C=O) groups excluding carboxylic acids is 1. The van der Waals surface area contributed by atoms with Crippen LogP contribution in [0, 0.1) is 5.92 Å². The third-order valence-corrected chi connectivity index (χ3v) is 1.40. The van der Waals surface area contributed by atoms with Gasteiger partial charge in [0.1, 0.15) is 6.10 Å². The van der Waals surface area contributed by atoms with Gasteiger partial charge in [-0.15, -0.1) is 0 Å². The van der Waals surface area contributed by atoms with Crippen molar-refractivity contribution in [1.82, 2.24) is 5.32 Å². The smallest absolute Gasteiger partial charge is 0.248 e. The third kappa shape index (κ3) is 5.85. The van der Waals surface area contributed by atoms with Crippen molar-refractivity contribution in [2.45, 2.75) is 33.3 Å². The van der Waals surface area contributed by atoms with Crippen molar-refractivity contribution >= 4 is 5.91 Å². The summed E-state index contributed by atoms with van der Waals surface area (Å²) in [6.07, 6.45) is 0.0699. The molecule has 3 nitrogen and oxygen atoms in total. The van der Waals surface area contributed by atoms with E-state index < -0.39 is 6.10 Å². The van der Waals surface area contributed by atoms with Crippen LogP contribution in [0.5, 0.6) is 0 Å². The third-order valence-electron chi connectivity index (χ3n) is 1.40. The summed E-state index contributed by atoms with van der Waals surface area (Å²) < 4.78 is 0. The molecule has 0 spiro atoms. The van der Waals surface area contributed by atoms with Crippen LogP contribution in [-0.2, 0) is 4.79 Å². The molecule has 2 N–H and O–H groups in total. The lowest BCUT2D eigenvalue weighted by atomic mass is 10.1. The summed E-state index contributed by atoms with van der Waals surface area (Å²) in [5.41, 5.74) is 0. The van der Waals surface area contributed by atoms with E-state index in [1.54, 1.807) is 0 Å². The Morgan fingerprint density at radius 2 is 2.00 bits per heavy atom. The molecule has 0 aromatic heterocycles. The molecular weight excluding hydrogens is 142 g/mol. The van der Waals surface area contributed by atoms with E-state index >= 15 is 0 Å². The molecule has 0 saturated heterocycles. The van der Waals surface area contributed by atoms with E-state index in [0.29, 0.717) is 12.5 Å². The van der Waals surface area contributed by atoms with Gasteiger partial charge in [0.2, 0.25) is 5.91 Å². The second-order valence-electron chi connectivity index (χ2n) is 3.15. The highest BCUT2D eigenvalue weighted by Crippen LogP contribution is 1.96. The highest BCUT2D eigenvalue weighted by atomic mass is 16.3. The van der Waals surface area contributed by atoms with Gasteiger partial charge in [-0.3, -0.25) is 4.79 Å². The van der Waals surface area contributed by atoms with E-state index in [1.807, 2.05) is 0 Å². The Kier molecular flexibility index (Phi) is 4.86. The number of rotatable bonds is 4. The molecule has 11 heavy (non-hydrogen) atoms. The number of hydrogen-bond acceptors (Lipinski definition) is 2. The highest BCUT2D eigenvalue weighted by molar-refractivity contribution is 5.79. The quantitative estimate of drug-likeness (QED) is 0.628. The van der Waals surface area contributed by atoms with Gasteiger partial charge in [-0.2, -0.15) is 0 Å². The lowest BCUT2D eigenvalue weighted by Gasteiger charge is -2.07. The summed E-state index contributed by atoms with van der Waals surface area (Å²) in [6.45, 7) is 6.30. The van der Waals surface area contributed by atoms with Crippen LogP contribution in [0.4, 0.5) is 0 Å². The summed E-state index contributed by atoms with van der Waals surface area (Å²) in [5, 5.41) is 11.4.